The maximum atomic E-state index is 5.57. The van der Waals surface area contributed by atoms with Crippen LogP contribution in [0.3, 0.4) is 0 Å². The monoisotopic (exact) mass is 194 g/mol. The van der Waals surface area contributed by atoms with Gasteiger partial charge in [0, 0.05) is 12.4 Å². The minimum absolute atomic E-state index is 0.682. The van der Waals surface area contributed by atoms with Gasteiger partial charge in [0.2, 0.25) is 0 Å². The minimum atomic E-state index is 0.682. The van der Waals surface area contributed by atoms with Crippen molar-refractivity contribution < 1.29 is 4.74 Å². The molecule has 1 fully saturated rings. The molecule has 2 rings (SSSR count). The van der Waals surface area contributed by atoms with Crippen molar-refractivity contribution in [2.75, 3.05) is 13.2 Å². The molecule has 0 atom stereocenters. The largest absolute Gasteiger partial charge is 0.361 e. The molecule has 78 valence electrons. The van der Waals surface area contributed by atoms with Crippen LogP contribution in [-0.2, 0) is 17.9 Å². The van der Waals surface area contributed by atoms with Gasteiger partial charge in [-0.05, 0) is 43.4 Å². The van der Waals surface area contributed by atoms with Gasteiger partial charge in [0.1, 0.15) is 6.73 Å². The first-order valence-corrected chi connectivity index (χ1v) is 5.31. The van der Waals surface area contributed by atoms with Crippen LogP contribution in [0.5, 0.6) is 0 Å². The molecule has 3 nitrogen and oxygen atoms in total. The summed E-state index contributed by atoms with van der Waals surface area (Å²) in [5, 5.41) is 0. The molecule has 0 amide bonds. The van der Waals surface area contributed by atoms with E-state index in [0.717, 1.165) is 18.9 Å². The molecule has 14 heavy (non-hydrogen) atoms. The van der Waals surface area contributed by atoms with Gasteiger partial charge in [-0.1, -0.05) is 0 Å². The molecule has 0 unspecified atom stereocenters. The summed E-state index contributed by atoms with van der Waals surface area (Å²) in [6.45, 7) is 2.32. The summed E-state index contributed by atoms with van der Waals surface area (Å²) in [4.78, 5) is 0. The van der Waals surface area contributed by atoms with E-state index in [9.17, 15) is 0 Å². The van der Waals surface area contributed by atoms with Crippen LogP contribution in [0.2, 0.25) is 0 Å². The van der Waals surface area contributed by atoms with Crippen LogP contribution >= 0.6 is 0 Å². The zero-order valence-electron chi connectivity index (χ0n) is 8.48. The molecule has 1 aromatic heterocycles. The Labute approximate surface area is 84.9 Å². The van der Waals surface area contributed by atoms with E-state index in [-0.39, 0.29) is 0 Å². The van der Waals surface area contributed by atoms with Crippen LogP contribution in [0.1, 0.15) is 18.4 Å². The number of nitrogens with two attached hydrogens (primary N) is 1. The highest BCUT2D eigenvalue weighted by Gasteiger charge is 2.20. The van der Waals surface area contributed by atoms with E-state index in [1.165, 1.54) is 18.4 Å². The van der Waals surface area contributed by atoms with Crippen molar-refractivity contribution in [3.63, 3.8) is 0 Å². The summed E-state index contributed by atoms with van der Waals surface area (Å²) in [6, 6.07) is 2.10. The van der Waals surface area contributed by atoms with Gasteiger partial charge in [-0.3, -0.25) is 0 Å². The van der Waals surface area contributed by atoms with Crippen LogP contribution in [0.4, 0.5) is 0 Å². The molecule has 1 heterocycles. The van der Waals surface area contributed by atoms with E-state index in [1.54, 1.807) is 0 Å². The molecule has 0 saturated heterocycles. The third kappa shape index (κ3) is 2.86. The van der Waals surface area contributed by atoms with Gasteiger partial charge in [0.15, 0.2) is 0 Å². The van der Waals surface area contributed by atoms with E-state index >= 15 is 0 Å². The second kappa shape index (κ2) is 4.62. The molecule has 0 aromatic carbocycles. The second-order valence-electron chi connectivity index (χ2n) is 4.02. The topological polar surface area (TPSA) is 40.2 Å². The molecular formula is C11H18N2O. The maximum absolute atomic E-state index is 5.57. The Balaban J connectivity index is 1.71. The smallest absolute Gasteiger partial charge is 0.122 e. The van der Waals surface area contributed by atoms with Crippen LogP contribution in [-0.4, -0.2) is 17.7 Å². The quantitative estimate of drug-likeness (QED) is 0.743. The summed E-state index contributed by atoms with van der Waals surface area (Å²) < 4.78 is 7.64. The van der Waals surface area contributed by atoms with E-state index < -0.39 is 0 Å². The zero-order chi connectivity index (χ0) is 9.80. The van der Waals surface area contributed by atoms with Gasteiger partial charge in [-0.15, -0.1) is 0 Å². The Morgan fingerprint density at radius 2 is 2.36 bits per heavy atom. The third-order valence-corrected chi connectivity index (χ3v) is 2.54. The van der Waals surface area contributed by atoms with E-state index in [4.69, 9.17) is 10.5 Å². The van der Waals surface area contributed by atoms with Crippen molar-refractivity contribution in [2.24, 2.45) is 11.7 Å². The summed E-state index contributed by atoms with van der Waals surface area (Å²) >= 11 is 0. The van der Waals surface area contributed by atoms with Crippen molar-refractivity contribution >= 4 is 0 Å². The Morgan fingerprint density at radius 3 is 3.07 bits per heavy atom. The standard InChI is InChI=1S/C11H18N2O/c12-5-3-10-4-6-13(7-10)9-14-8-11-1-2-11/h4,6-7,11H,1-3,5,8-9,12H2. The average molecular weight is 194 g/mol. The average Bonchev–Trinajstić information content (AvgIpc) is 2.88. The molecule has 2 N–H and O–H groups in total. The van der Waals surface area contributed by atoms with Gasteiger partial charge < -0.3 is 15.0 Å². The third-order valence-electron chi connectivity index (χ3n) is 2.54. The number of nitrogens with zero attached hydrogens (tertiary/aromatic N) is 1. The Morgan fingerprint density at radius 1 is 1.50 bits per heavy atom. The van der Waals surface area contributed by atoms with Crippen molar-refractivity contribution in [3.8, 4) is 0 Å². The number of ether oxygens (including phenoxy) is 1. The summed E-state index contributed by atoms with van der Waals surface area (Å²) in [7, 11) is 0. The lowest BCUT2D eigenvalue weighted by atomic mass is 10.2. The molecule has 1 aliphatic rings. The molecule has 0 aliphatic heterocycles. The fraction of sp³-hybridized carbons (Fsp3) is 0.636. The molecule has 0 spiro atoms. The summed E-state index contributed by atoms with van der Waals surface area (Å²) in [6.07, 6.45) is 7.82. The van der Waals surface area contributed by atoms with E-state index in [2.05, 4.69) is 23.0 Å². The van der Waals surface area contributed by atoms with Crippen LogP contribution in [0.25, 0.3) is 0 Å². The fourth-order valence-electron chi connectivity index (χ4n) is 1.49. The molecular weight excluding hydrogens is 176 g/mol. The number of aromatic nitrogens is 1. The van der Waals surface area contributed by atoms with E-state index in [0.29, 0.717) is 13.3 Å². The highest BCUT2D eigenvalue weighted by atomic mass is 16.5. The maximum Gasteiger partial charge on any atom is 0.122 e. The number of hydrogen-bond acceptors (Lipinski definition) is 2. The molecule has 0 bridgehead atoms. The number of hydrogen-bond donors (Lipinski definition) is 1. The Bertz CT molecular complexity index is 279. The van der Waals surface area contributed by atoms with Crippen molar-refractivity contribution in [1.82, 2.24) is 4.57 Å². The first-order valence-electron chi connectivity index (χ1n) is 5.31. The van der Waals surface area contributed by atoms with Crippen molar-refractivity contribution in [2.45, 2.75) is 26.0 Å². The van der Waals surface area contributed by atoms with Gasteiger partial charge in [-0.25, -0.2) is 0 Å². The highest BCUT2D eigenvalue weighted by molar-refractivity contribution is 5.10. The predicted octanol–water partition coefficient (Wildman–Crippen LogP) is 1.37. The van der Waals surface area contributed by atoms with Crippen LogP contribution in [0, 0.1) is 5.92 Å². The summed E-state index contributed by atoms with van der Waals surface area (Å²) in [5.41, 5.74) is 6.77. The first-order chi connectivity index (χ1) is 6.88. The molecule has 1 aromatic rings. The lowest BCUT2D eigenvalue weighted by molar-refractivity contribution is 0.0692. The molecule has 3 heteroatoms. The predicted molar refractivity (Wildman–Crippen MR) is 55.9 cm³/mol. The zero-order valence-corrected chi connectivity index (χ0v) is 8.48. The molecule has 1 aliphatic carbocycles. The Kier molecular flexibility index (Phi) is 3.22. The van der Waals surface area contributed by atoms with Gasteiger partial charge >= 0.3 is 0 Å². The second-order valence-corrected chi connectivity index (χ2v) is 4.02. The SMILES string of the molecule is NCCc1ccn(COCC2CC2)c1. The fourth-order valence-corrected chi connectivity index (χ4v) is 1.49. The van der Waals surface area contributed by atoms with E-state index in [1.807, 2.05) is 0 Å². The highest BCUT2D eigenvalue weighted by Crippen LogP contribution is 2.28. The Hall–Kier alpha value is -0.800. The number of rotatable bonds is 6. The first kappa shape index (κ1) is 9.74. The van der Waals surface area contributed by atoms with Gasteiger partial charge in [0.25, 0.3) is 0 Å². The van der Waals surface area contributed by atoms with Crippen LogP contribution in [0.15, 0.2) is 18.5 Å². The lowest BCUT2D eigenvalue weighted by Gasteiger charge is -2.03. The normalized spacial score (nSPS) is 16.1. The van der Waals surface area contributed by atoms with Crippen LogP contribution < -0.4 is 5.73 Å². The minimum Gasteiger partial charge on any atom is -0.361 e. The lowest BCUT2D eigenvalue weighted by Crippen LogP contribution is -2.04. The summed E-state index contributed by atoms with van der Waals surface area (Å²) in [5.74, 6) is 0.842. The van der Waals surface area contributed by atoms with Gasteiger partial charge in [0.05, 0.1) is 6.61 Å². The molecule has 1 saturated carbocycles. The van der Waals surface area contributed by atoms with Crippen molar-refractivity contribution in [1.29, 1.82) is 0 Å². The van der Waals surface area contributed by atoms with Gasteiger partial charge in [-0.2, -0.15) is 0 Å². The molecule has 0 radical (unpaired) electrons. The van der Waals surface area contributed by atoms with Crippen molar-refractivity contribution in [3.05, 3.63) is 24.0 Å².